The van der Waals surface area contributed by atoms with Gasteiger partial charge in [0.05, 0.1) is 22.3 Å². The minimum atomic E-state index is 0.244. The topological polar surface area (TPSA) is 47.1 Å². The number of pyridine rings is 1. The van der Waals surface area contributed by atoms with E-state index in [1.165, 1.54) is 44.4 Å². The highest BCUT2D eigenvalue weighted by atomic mass is 15.2. The van der Waals surface area contributed by atoms with Crippen LogP contribution in [0.25, 0.3) is 27.6 Å². The summed E-state index contributed by atoms with van der Waals surface area (Å²) >= 11 is 0. The van der Waals surface area contributed by atoms with Crippen LogP contribution in [0.15, 0.2) is 42.5 Å². The Hall–Kier alpha value is -2.85. The number of hydrogen-bond donors (Lipinski definition) is 1. The summed E-state index contributed by atoms with van der Waals surface area (Å²) in [5.41, 5.74) is 15.9. The van der Waals surface area contributed by atoms with Gasteiger partial charge < -0.3 is 10.6 Å². The molecule has 2 aromatic carbocycles. The second kappa shape index (κ2) is 6.60. The number of nitrogens with zero attached hydrogens (tertiary/aromatic N) is 3. The second-order valence-corrected chi connectivity index (χ2v) is 8.58. The zero-order valence-electron chi connectivity index (χ0n) is 17.7. The fourth-order valence-corrected chi connectivity index (χ4v) is 5.06. The van der Waals surface area contributed by atoms with Crippen molar-refractivity contribution in [2.24, 2.45) is 5.73 Å². The molecule has 148 valence electrons. The minimum absolute atomic E-state index is 0.244. The van der Waals surface area contributed by atoms with Gasteiger partial charge in [0.25, 0.3) is 0 Å². The molecule has 1 fully saturated rings. The van der Waals surface area contributed by atoms with Gasteiger partial charge in [0.2, 0.25) is 0 Å². The van der Waals surface area contributed by atoms with Gasteiger partial charge in [-0.3, -0.25) is 4.57 Å². The molecule has 5 rings (SSSR count). The Bertz CT molecular complexity index is 1230. The van der Waals surface area contributed by atoms with Gasteiger partial charge in [-0.25, -0.2) is 4.98 Å². The Balaban J connectivity index is 1.92. The van der Waals surface area contributed by atoms with Crippen molar-refractivity contribution in [3.63, 3.8) is 0 Å². The first-order valence-electron chi connectivity index (χ1n) is 10.4. The summed E-state index contributed by atoms with van der Waals surface area (Å²) < 4.78 is 2.36. The van der Waals surface area contributed by atoms with Crippen LogP contribution in [-0.2, 0) is 0 Å². The Kier molecular flexibility index (Phi) is 4.14. The first kappa shape index (κ1) is 18.2. The maximum atomic E-state index is 6.24. The van der Waals surface area contributed by atoms with Crippen LogP contribution in [0.5, 0.6) is 0 Å². The van der Waals surface area contributed by atoms with Crippen molar-refractivity contribution in [1.29, 1.82) is 0 Å². The number of rotatable bonds is 2. The number of aryl methyl sites for hydroxylation is 4. The van der Waals surface area contributed by atoms with E-state index in [9.17, 15) is 0 Å². The standard InChI is InChI=1S/C25H28N4/c1-15-11-16(2)24(17(3)12-15)29-21-8-6-5-7-20(21)23-22(13-18(4)27-25(23)29)28-10-9-19(26)14-28/h5-8,11-13,19H,9-10,14,26H2,1-4H3. The third-order valence-corrected chi connectivity index (χ3v) is 6.16. The van der Waals surface area contributed by atoms with E-state index in [4.69, 9.17) is 10.7 Å². The highest BCUT2D eigenvalue weighted by Gasteiger charge is 2.25. The van der Waals surface area contributed by atoms with Crippen LogP contribution in [0.2, 0.25) is 0 Å². The number of para-hydroxylation sites is 1. The van der Waals surface area contributed by atoms with Crippen molar-refractivity contribution >= 4 is 27.6 Å². The van der Waals surface area contributed by atoms with Crippen LogP contribution in [-0.4, -0.2) is 28.7 Å². The van der Waals surface area contributed by atoms with Gasteiger partial charge in [-0.05, 0) is 57.4 Å². The molecule has 1 saturated heterocycles. The van der Waals surface area contributed by atoms with E-state index in [2.05, 4.69) is 79.6 Å². The van der Waals surface area contributed by atoms with Gasteiger partial charge in [-0.15, -0.1) is 0 Å². The quantitative estimate of drug-likeness (QED) is 0.532. The van der Waals surface area contributed by atoms with Crippen LogP contribution < -0.4 is 10.6 Å². The maximum absolute atomic E-state index is 6.24. The largest absolute Gasteiger partial charge is 0.369 e. The highest BCUT2D eigenvalue weighted by molar-refractivity contribution is 6.14. The lowest BCUT2D eigenvalue weighted by Crippen LogP contribution is -2.26. The molecule has 4 heteroatoms. The predicted molar refractivity (Wildman–Crippen MR) is 122 cm³/mol. The first-order chi connectivity index (χ1) is 13.9. The van der Waals surface area contributed by atoms with E-state index >= 15 is 0 Å². The van der Waals surface area contributed by atoms with Crippen LogP contribution in [0.4, 0.5) is 5.69 Å². The second-order valence-electron chi connectivity index (χ2n) is 8.58. The maximum Gasteiger partial charge on any atom is 0.147 e. The molecule has 4 nitrogen and oxygen atoms in total. The van der Waals surface area contributed by atoms with Crippen LogP contribution >= 0.6 is 0 Å². The zero-order chi connectivity index (χ0) is 20.3. The molecule has 0 bridgehead atoms. The van der Waals surface area contributed by atoms with E-state index in [1.807, 2.05) is 0 Å². The van der Waals surface area contributed by atoms with E-state index in [1.54, 1.807) is 0 Å². The monoisotopic (exact) mass is 384 g/mol. The number of anilines is 1. The first-order valence-corrected chi connectivity index (χ1v) is 10.4. The smallest absolute Gasteiger partial charge is 0.147 e. The van der Waals surface area contributed by atoms with Gasteiger partial charge >= 0.3 is 0 Å². The number of fused-ring (bicyclic) bond motifs is 3. The number of aromatic nitrogens is 2. The highest BCUT2D eigenvalue weighted by Crippen LogP contribution is 2.39. The fourth-order valence-electron chi connectivity index (χ4n) is 5.06. The van der Waals surface area contributed by atoms with Crippen molar-refractivity contribution in [2.75, 3.05) is 18.0 Å². The zero-order valence-corrected chi connectivity index (χ0v) is 17.7. The van der Waals surface area contributed by atoms with E-state index in [0.29, 0.717) is 0 Å². The molecule has 0 amide bonds. The average molecular weight is 385 g/mol. The third kappa shape index (κ3) is 2.82. The Labute approximate surface area is 172 Å². The van der Waals surface area contributed by atoms with Crippen LogP contribution in [0, 0.1) is 27.7 Å². The molecular formula is C25H28N4. The Morgan fingerprint density at radius 2 is 1.72 bits per heavy atom. The molecular weight excluding hydrogens is 356 g/mol. The number of benzene rings is 2. The fraction of sp³-hybridized carbons (Fsp3) is 0.320. The van der Waals surface area contributed by atoms with E-state index < -0.39 is 0 Å². The lowest BCUT2D eigenvalue weighted by molar-refractivity contribution is 0.752. The number of hydrogen-bond acceptors (Lipinski definition) is 3. The van der Waals surface area contributed by atoms with Crippen molar-refractivity contribution < 1.29 is 0 Å². The van der Waals surface area contributed by atoms with Gasteiger partial charge in [-0.2, -0.15) is 0 Å². The molecule has 2 aromatic heterocycles. The molecule has 3 heterocycles. The van der Waals surface area contributed by atoms with Crippen molar-refractivity contribution in [1.82, 2.24) is 9.55 Å². The molecule has 1 unspecified atom stereocenters. The summed E-state index contributed by atoms with van der Waals surface area (Å²) in [6, 6.07) is 15.7. The van der Waals surface area contributed by atoms with Crippen molar-refractivity contribution in [3.05, 3.63) is 64.8 Å². The SMILES string of the molecule is Cc1cc(C)c(-n2c3ccccc3c3c(N4CCC(N)C4)cc(C)nc32)c(C)c1. The summed E-state index contributed by atoms with van der Waals surface area (Å²) in [6.07, 6.45) is 1.04. The summed E-state index contributed by atoms with van der Waals surface area (Å²) in [6.45, 7) is 10.6. The molecule has 0 aliphatic carbocycles. The lowest BCUT2D eigenvalue weighted by atomic mass is 10.0. The molecule has 1 atom stereocenters. The summed E-state index contributed by atoms with van der Waals surface area (Å²) in [4.78, 5) is 7.49. The van der Waals surface area contributed by atoms with Gasteiger partial charge in [0.15, 0.2) is 0 Å². The minimum Gasteiger partial charge on any atom is -0.369 e. The summed E-state index contributed by atoms with van der Waals surface area (Å²) in [5, 5.41) is 2.49. The molecule has 1 aliphatic heterocycles. The van der Waals surface area contributed by atoms with Crippen molar-refractivity contribution in [3.8, 4) is 5.69 Å². The van der Waals surface area contributed by atoms with Crippen LogP contribution in [0.1, 0.15) is 28.8 Å². The normalized spacial score (nSPS) is 17.0. The van der Waals surface area contributed by atoms with Crippen LogP contribution in [0.3, 0.4) is 0 Å². The number of nitrogens with two attached hydrogens (primary N) is 1. The molecule has 29 heavy (non-hydrogen) atoms. The third-order valence-electron chi connectivity index (χ3n) is 6.16. The predicted octanol–water partition coefficient (Wildman–Crippen LogP) is 4.95. The Morgan fingerprint density at radius 1 is 1.00 bits per heavy atom. The molecule has 0 spiro atoms. The molecule has 0 saturated carbocycles. The lowest BCUT2D eigenvalue weighted by Gasteiger charge is -2.20. The molecule has 1 aliphatic rings. The summed E-state index contributed by atoms with van der Waals surface area (Å²) in [7, 11) is 0. The summed E-state index contributed by atoms with van der Waals surface area (Å²) in [5.74, 6) is 0. The average Bonchev–Trinajstić information content (AvgIpc) is 3.23. The van der Waals surface area contributed by atoms with Gasteiger partial charge in [0.1, 0.15) is 5.65 Å². The molecule has 0 radical (unpaired) electrons. The molecule has 2 N–H and O–H groups in total. The molecule has 4 aromatic rings. The van der Waals surface area contributed by atoms with Gasteiger partial charge in [-0.1, -0.05) is 35.9 Å². The van der Waals surface area contributed by atoms with E-state index in [-0.39, 0.29) is 6.04 Å². The van der Waals surface area contributed by atoms with Gasteiger partial charge in [0, 0.05) is 30.2 Å². The Morgan fingerprint density at radius 3 is 2.41 bits per heavy atom. The van der Waals surface area contributed by atoms with Crippen molar-refractivity contribution in [2.45, 2.75) is 40.2 Å². The van der Waals surface area contributed by atoms with E-state index in [0.717, 1.165) is 30.9 Å².